The number of aliphatic hydroxyl groups is 2. The SMILES string of the molecule is [CH2]C(O)(O)CCCCC. The predicted molar refractivity (Wildman–Crippen MR) is 36.7 cm³/mol. The van der Waals surface area contributed by atoms with Crippen LogP contribution in [-0.4, -0.2) is 16.0 Å². The van der Waals surface area contributed by atoms with Crippen molar-refractivity contribution < 1.29 is 10.2 Å². The lowest BCUT2D eigenvalue weighted by atomic mass is 10.1. The third-order valence-electron chi connectivity index (χ3n) is 1.18. The molecule has 0 aliphatic rings. The van der Waals surface area contributed by atoms with Gasteiger partial charge in [-0.3, -0.25) is 0 Å². The van der Waals surface area contributed by atoms with Crippen molar-refractivity contribution in [3.63, 3.8) is 0 Å². The van der Waals surface area contributed by atoms with Gasteiger partial charge < -0.3 is 10.2 Å². The first-order valence-corrected chi connectivity index (χ1v) is 3.36. The number of unbranched alkanes of at least 4 members (excludes halogenated alkanes) is 2. The van der Waals surface area contributed by atoms with Crippen molar-refractivity contribution in [2.24, 2.45) is 0 Å². The third kappa shape index (κ3) is 7.92. The molecule has 2 heteroatoms. The lowest BCUT2D eigenvalue weighted by molar-refractivity contribution is -0.126. The molecule has 9 heavy (non-hydrogen) atoms. The number of rotatable bonds is 4. The molecule has 0 fully saturated rings. The van der Waals surface area contributed by atoms with Crippen molar-refractivity contribution >= 4 is 0 Å². The Morgan fingerprint density at radius 2 is 1.89 bits per heavy atom. The fourth-order valence-corrected chi connectivity index (χ4v) is 0.658. The van der Waals surface area contributed by atoms with Crippen molar-refractivity contribution in [2.45, 2.75) is 38.4 Å². The normalized spacial score (nSPS) is 12.0. The third-order valence-corrected chi connectivity index (χ3v) is 1.18. The molecular formula is C7H15O2. The second-order valence-electron chi connectivity index (χ2n) is 2.44. The summed E-state index contributed by atoms with van der Waals surface area (Å²) in [6.45, 7) is 5.22. The van der Waals surface area contributed by atoms with Crippen LogP contribution in [0.15, 0.2) is 0 Å². The maximum Gasteiger partial charge on any atom is 0.162 e. The van der Waals surface area contributed by atoms with E-state index >= 15 is 0 Å². The highest BCUT2D eigenvalue weighted by atomic mass is 16.5. The molecular weight excluding hydrogens is 116 g/mol. The first-order chi connectivity index (χ1) is 4.06. The highest BCUT2D eigenvalue weighted by molar-refractivity contribution is 4.65. The molecule has 0 aromatic heterocycles. The second-order valence-corrected chi connectivity index (χ2v) is 2.44. The van der Waals surface area contributed by atoms with Crippen LogP contribution in [-0.2, 0) is 0 Å². The van der Waals surface area contributed by atoms with Crippen LogP contribution in [0.2, 0.25) is 0 Å². The quantitative estimate of drug-likeness (QED) is 0.443. The largest absolute Gasteiger partial charge is 0.366 e. The zero-order chi connectivity index (χ0) is 7.33. The molecule has 0 aliphatic carbocycles. The lowest BCUT2D eigenvalue weighted by Crippen LogP contribution is -2.22. The molecule has 0 rings (SSSR count). The minimum Gasteiger partial charge on any atom is -0.366 e. The Morgan fingerprint density at radius 1 is 1.33 bits per heavy atom. The van der Waals surface area contributed by atoms with E-state index in [-0.39, 0.29) is 0 Å². The molecule has 0 atom stereocenters. The monoisotopic (exact) mass is 131 g/mol. The Balaban J connectivity index is 3.07. The molecule has 0 bridgehead atoms. The maximum atomic E-state index is 8.69. The summed E-state index contributed by atoms with van der Waals surface area (Å²) in [7, 11) is 0. The Bertz CT molecular complexity index is 63.8. The topological polar surface area (TPSA) is 40.5 Å². The summed E-state index contributed by atoms with van der Waals surface area (Å²) in [6, 6.07) is 0. The first kappa shape index (κ1) is 8.92. The maximum absolute atomic E-state index is 8.69. The van der Waals surface area contributed by atoms with Gasteiger partial charge in [0, 0.05) is 13.3 Å². The van der Waals surface area contributed by atoms with Crippen LogP contribution in [0, 0.1) is 6.92 Å². The minimum absolute atomic E-state index is 0.376. The van der Waals surface area contributed by atoms with E-state index in [4.69, 9.17) is 10.2 Å². The van der Waals surface area contributed by atoms with Gasteiger partial charge in [0.05, 0.1) is 0 Å². The van der Waals surface area contributed by atoms with Gasteiger partial charge in [-0.2, -0.15) is 0 Å². The average molecular weight is 131 g/mol. The van der Waals surface area contributed by atoms with E-state index in [0.717, 1.165) is 19.3 Å². The molecule has 0 saturated heterocycles. The van der Waals surface area contributed by atoms with Crippen molar-refractivity contribution in [1.82, 2.24) is 0 Å². The summed E-state index contributed by atoms with van der Waals surface area (Å²) in [5.41, 5.74) is 0. The van der Waals surface area contributed by atoms with Crippen LogP contribution in [0.25, 0.3) is 0 Å². The summed E-state index contributed by atoms with van der Waals surface area (Å²) >= 11 is 0. The van der Waals surface area contributed by atoms with Gasteiger partial charge in [-0.1, -0.05) is 19.8 Å². The summed E-state index contributed by atoms with van der Waals surface area (Å²) in [6.07, 6.45) is 3.35. The van der Waals surface area contributed by atoms with Gasteiger partial charge in [0.2, 0.25) is 0 Å². The molecule has 0 heterocycles. The highest BCUT2D eigenvalue weighted by Gasteiger charge is 2.12. The van der Waals surface area contributed by atoms with Gasteiger partial charge >= 0.3 is 0 Å². The van der Waals surface area contributed by atoms with E-state index in [2.05, 4.69) is 13.8 Å². The van der Waals surface area contributed by atoms with Gasteiger partial charge in [0.15, 0.2) is 5.79 Å². The van der Waals surface area contributed by atoms with Crippen LogP contribution in [0.3, 0.4) is 0 Å². The fourth-order valence-electron chi connectivity index (χ4n) is 0.658. The average Bonchev–Trinajstić information content (AvgIpc) is 1.63. The van der Waals surface area contributed by atoms with Gasteiger partial charge in [0.1, 0.15) is 0 Å². The zero-order valence-corrected chi connectivity index (χ0v) is 5.93. The molecule has 0 spiro atoms. The molecule has 55 valence electrons. The molecule has 0 aromatic rings. The minimum atomic E-state index is -1.70. The van der Waals surface area contributed by atoms with Crippen LogP contribution < -0.4 is 0 Å². The second kappa shape index (κ2) is 3.85. The van der Waals surface area contributed by atoms with Crippen LogP contribution in [0.4, 0.5) is 0 Å². The summed E-state index contributed by atoms with van der Waals surface area (Å²) in [5.74, 6) is -1.70. The van der Waals surface area contributed by atoms with Crippen LogP contribution in [0.1, 0.15) is 32.6 Å². The molecule has 0 aromatic carbocycles. The summed E-state index contributed by atoms with van der Waals surface area (Å²) in [5, 5.41) is 17.4. The predicted octanol–water partition coefficient (Wildman–Crippen LogP) is 1.08. The van der Waals surface area contributed by atoms with E-state index in [0.29, 0.717) is 6.42 Å². The number of hydrogen-bond acceptors (Lipinski definition) is 2. The van der Waals surface area contributed by atoms with E-state index in [1.54, 1.807) is 0 Å². The lowest BCUT2D eigenvalue weighted by Gasteiger charge is -2.13. The fraction of sp³-hybridized carbons (Fsp3) is 0.857. The summed E-state index contributed by atoms with van der Waals surface area (Å²) in [4.78, 5) is 0. The highest BCUT2D eigenvalue weighted by Crippen LogP contribution is 2.09. The number of hydrogen-bond donors (Lipinski definition) is 2. The Kier molecular flexibility index (Phi) is 3.82. The van der Waals surface area contributed by atoms with Gasteiger partial charge in [0.25, 0.3) is 0 Å². The Hall–Kier alpha value is -0.0800. The molecule has 2 N–H and O–H groups in total. The van der Waals surface area contributed by atoms with Crippen molar-refractivity contribution in [1.29, 1.82) is 0 Å². The molecule has 1 radical (unpaired) electrons. The van der Waals surface area contributed by atoms with Gasteiger partial charge in [-0.05, 0) is 6.42 Å². The van der Waals surface area contributed by atoms with E-state index in [9.17, 15) is 0 Å². The molecule has 0 aliphatic heterocycles. The van der Waals surface area contributed by atoms with Crippen LogP contribution >= 0.6 is 0 Å². The Morgan fingerprint density at radius 3 is 2.22 bits per heavy atom. The first-order valence-electron chi connectivity index (χ1n) is 3.36. The van der Waals surface area contributed by atoms with E-state index < -0.39 is 5.79 Å². The van der Waals surface area contributed by atoms with E-state index in [1.807, 2.05) is 0 Å². The Labute approximate surface area is 56.5 Å². The van der Waals surface area contributed by atoms with Gasteiger partial charge in [-0.15, -0.1) is 0 Å². The molecule has 0 unspecified atom stereocenters. The zero-order valence-electron chi connectivity index (χ0n) is 5.93. The summed E-state index contributed by atoms with van der Waals surface area (Å²) < 4.78 is 0. The standard InChI is InChI=1S/C7H15O2/c1-3-4-5-6-7(2,8)9/h8-9H,2-6H2,1H3. The van der Waals surface area contributed by atoms with E-state index in [1.165, 1.54) is 0 Å². The molecule has 2 nitrogen and oxygen atoms in total. The smallest absolute Gasteiger partial charge is 0.162 e. The van der Waals surface area contributed by atoms with Crippen molar-refractivity contribution in [2.75, 3.05) is 0 Å². The van der Waals surface area contributed by atoms with Crippen molar-refractivity contribution in [3.8, 4) is 0 Å². The molecule has 0 amide bonds. The van der Waals surface area contributed by atoms with Crippen LogP contribution in [0.5, 0.6) is 0 Å². The molecule has 0 saturated carbocycles. The van der Waals surface area contributed by atoms with Crippen molar-refractivity contribution in [3.05, 3.63) is 6.92 Å². The van der Waals surface area contributed by atoms with Gasteiger partial charge in [-0.25, -0.2) is 0 Å².